The van der Waals surface area contributed by atoms with Gasteiger partial charge in [0.05, 0.1) is 24.3 Å². The molecule has 2 aliphatic rings. The molecule has 0 saturated carbocycles. The first-order valence-corrected chi connectivity index (χ1v) is 7.74. The number of phenols is 1. The van der Waals surface area contributed by atoms with Crippen molar-refractivity contribution in [3.8, 4) is 5.75 Å². The summed E-state index contributed by atoms with van der Waals surface area (Å²) in [4.78, 5) is 13.9. The van der Waals surface area contributed by atoms with Gasteiger partial charge in [0.25, 0.3) is 0 Å². The van der Waals surface area contributed by atoms with Crippen molar-refractivity contribution in [1.29, 1.82) is 0 Å². The van der Waals surface area contributed by atoms with E-state index >= 15 is 0 Å². The Morgan fingerprint density at radius 3 is 2.82 bits per heavy atom. The van der Waals surface area contributed by atoms with Gasteiger partial charge in [-0.2, -0.15) is 0 Å². The molecular weight excluding hydrogens is 306 g/mol. The Labute approximate surface area is 134 Å². The van der Waals surface area contributed by atoms with Crippen LogP contribution in [0.3, 0.4) is 0 Å². The first-order valence-electron chi connectivity index (χ1n) is 7.36. The van der Waals surface area contributed by atoms with Gasteiger partial charge >= 0.3 is 6.09 Å². The summed E-state index contributed by atoms with van der Waals surface area (Å²) in [5, 5.41) is 10.2. The van der Waals surface area contributed by atoms with Gasteiger partial charge in [-0.05, 0) is 38.0 Å². The molecule has 3 rings (SSSR count). The molecule has 0 radical (unpaired) electrons. The number of hydrogen-bond acceptors (Lipinski definition) is 4. The number of hydrogen-bond donors (Lipinski definition) is 1. The second-order valence-corrected chi connectivity index (χ2v) is 7.19. The molecule has 2 heterocycles. The Morgan fingerprint density at radius 2 is 2.14 bits per heavy atom. The summed E-state index contributed by atoms with van der Waals surface area (Å²) in [6.07, 6.45) is -0.456. The van der Waals surface area contributed by atoms with Gasteiger partial charge in [0.15, 0.2) is 0 Å². The molecule has 120 valence electrons. The molecule has 5 nitrogen and oxygen atoms in total. The van der Waals surface area contributed by atoms with E-state index in [1.807, 2.05) is 26.8 Å². The molecule has 0 aromatic heterocycles. The van der Waals surface area contributed by atoms with Crippen molar-refractivity contribution in [3.05, 3.63) is 28.3 Å². The smallest absolute Gasteiger partial charge is 0.410 e. The Balaban J connectivity index is 1.84. The van der Waals surface area contributed by atoms with Crippen LogP contribution in [0.15, 0.2) is 12.1 Å². The van der Waals surface area contributed by atoms with Gasteiger partial charge < -0.3 is 19.5 Å². The predicted molar refractivity (Wildman–Crippen MR) is 82.2 cm³/mol. The monoisotopic (exact) mass is 325 g/mol. The van der Waals surface area contributed by atoms with Gasteiger partial charge in [0.2, 0.25) is 0 Å². The molecule has 22 heavy (non-hydrogen) atoms. The minimum atomic E-state index is -0.528. The summed E-state index contributed by atoms with van der Waals surface area (Å²) in [7, 11) is 0. The summed E-state index contributed by atoms with van der Waals surface area (Å²) in [5.74, 6) is 0.0349. The summed E-state index contributed by atoms with van der Waals surface area (Å²) in [6.45, 7) is 6.93. The van der Waals surface area contributed by atoms with Crippen LogP contribution in [-0.4, -0.2) is 40.9 Å². The van der Waals surface area contributed by atoms with E-state index in [2.05, 4.69) is 0 Å². The van der Waals surface area contributed by atoms with Gasteiger partial charge in [-0.1, -0.05) is 17.7 Å². The number of fused-ring (bicyclic) bond motifs is 3. The van der Waals surface area contributed by atoms with E-state index in [0.717, 1.165) is 11.1 Å². The zero-order valence-corrected chi connectivity index (χ0v) is 13.7. The first-order chi connectivity index (χ1) is 10.3. The highest BCUT2D eigenvalue weighted by atomic mass is 35.5. The summed E-state index contributed by atoms with van der Waals surface area (Å²) < 4.78 is 11.3. The number of rotatable bonds is 0. The average Bonchev–Trinajstić information content (AvgIpc) is 2.84. The molecule has 0 unspecified atom stereocenters. The van der Waals surface area contributed by atoms with Crippen molar-refractivity contribution in [2.45, 2.75) is 45.0 Å². The van der Waals surface area contributed by atoms with Gasteiger partial charge in [0.1, 0.15) is 11.4 Å². The second-order valence-electron chi connectivity index (χ2n) is 6.81. The number of likely N-dealkylation sites (tertiary alicyclic amines) is 1. The lowest BCUT2D eigenvalue weighted by atomic mass is 9.89. The van der Waals surface area contributed by atoms with E-state index in [1.165, 1.54) is 0 Å². The zero-order chi connectivity index (χ0) is 16.1. The van der Waals surface area contributed by atoms with E-state index in [9.17, 15) is 9.90 Å². The molecule has 1 N–H and O–H groups in total. The maximum Gasteiger partial charge on any atom is 0.410 e. The number of halogens is 1. The van der Waals surface area contributed by atoms with Crippen molar-refractivity contribution >= 4 is 17.7 Å². The molecule has 6 heteroatoms. The molecule has 0 aliphatic carbocycles. The number of carbonyl (C=O) groups excluding carboxylic acids is 1. The quantitative estimate of drug-likeness (QED) is 0.795. The lowest BCUT2D eigenvalue weighted by Crippen LogP contribution is -2.36. The fourth-order valence-corrected chi connectivity index (χ4v) is 3.37. The van der Waals surface area contributed by atoms with Crippen molar-refractivity contribution < 1.29 is 19.4 Å². The van der Waals surface area contributed by atoms with Crippen LogP contribution in [0.1, 0.15) is 37.8 Å². The molecule has 1 fully saturated rings. The molecule has 0 spiro atoms. The number of carbonyl (C=O) groups is 1. The predicted octanol–water partition coefficient (Wildman–Crippen LogP) is 3.28. The number of aromatic hydroxyl groups is 1. The summed E-state index contributed by atoms with van der Waals surface area (Å²) >= 11 is 6.27. The van der Waals surface area contributed by atoms with E-state index in [1.54, 1.807) is 11.0 Å². The Bertz CT molecular complexity index is 611. The van der Waals surface area contributed by atoms with E-state index < -0.39 is 5.60 Å². The number of phenolic OH excluding ortho intramolecular Hbond substituents is 1. The third kappa shape index (κ3) is 2.75. The fourth-order valence-electron chi connectivity index (χ4n) is 3.04. The van der Waals surface area contributed by atoms with Crippen LogP contribution in [0.5, 0.6) is 5.75 Å². The molecule has 1 aromatic carbocycles. The lowest BCUT2D eigenvalue weighted by molar-refractivity contribution is 0.0126. The van der Waals surface area contributed by atoms with Crippen molar-refractivity contribution in [1.82, 2.24) is 4.90 Å². The molecule has 0 bridgehead atoms. The minimum Gasteiger partial charge on any atom is -0.506 e. The molecule has 1 aromatic rings. The standard InChI is InChI=1S/C16H20ClNO4/c1-16(2,3)22-15(20)18-6-10-12(7-18)21-8-9-4-5-11(19)14(17)13(9)10/h4-5,10,12,19H,6-8H2,1-3H3/t10-,12+/m1/s1. The number of ether oxygens (including phenoxy) is 2. The van der Waals surface area contributed by atoms with Crippen LogP contribution >= 0.6 is 11.6 Å². The third-order valence-electron chi connectivity index (χ3n) is 3.99. The van der Waals surface area contributed by atoms with Gasteiger partial charge in [-0.15, -0.1) is 0 Å². The second kappa shape index (κ2) is 5.32. The van der Waals surface area contributed by atoms with Crippen LogP contribution in [0.25, 0.3) is 0 Å². The van der Waals surface area contributed by atoms with E-state index in [-0.39, 0.29) is 23.9 Å². The first kappa shape index (κ1) is 15.4. The van der Waals surface area contributed by atoms with Crippen molar-refractivity contribution in [2.75, 3.05) is 13.1 Å². The minimum absolute atomic E-state index is 0.0316. The zero-order valence-electron chi connectivity index (χ0n) is 12.9. The number of amides is 1. The Hall–Kier alpha value is -1.46. The lowest BCUT2D eigenvalue weighted by Gasteiger charge is -2.28. The highest BCUT2D eigenvalue weighted by molar-refractivity contribution is 6.33. The van der Waals surface area contributed by atoms with Gasteiger partial charge in [0, 0.05) is 12.5 Å². The van der Waals surface area contributed by atoms with Crippen LogP contribution in [0.2, 0.25) is 5.02 Å². The van der Waals surface area contributed by atoms with Gasteiger partial charge in [-0.3, -0.25) is 0 Å². The third-order valence-corrected chi connectivity index (χ3v) is 4.39. The van der Waals surface area contributed by atoms with Crippen molar-refractivity contribution in [2.24, 2.45) is 0 Å². The highest BCUT2D eigenvalue weighted by Crippen LogP contribution is 2.43. The van der Waals surface area contributed by atoms with Crippen LogP contribution in [0, 0.1) is 0 Å². The Morgan fingerprint density at radius 1 is 1.41 bits per heavy atom. The SMILES string of the molecule is CC(C)(C)OC(=O)N1C[C@@H]2OCc3ccc(O)c(Cl)c3[C@@H]2C1. The molecule has 2 atom stereocenters. The number of benzene rings is 1. The maximum absolute atomic E-state index is 12.2. The summed E-state index contributed by atoms with van der Waals surface area (Å²) in [5.41, 5.74) is 1.33. The van der Waals surface area contributed by atoms with Crippen LogP contribution in [0.4, 0.5) is 4.79 Å². The number of nitrogens with zero attached hydrogens (tertiary/aromatic N) is 1. The van der Waals surface area contributed by atoms with E-state index in [0.29, 0.717) is 24.7 Å². The average molecular weight is 326 g/mol. The highest BCUT2D eigenvalue weighted by Gasteiger charge is 2.43. The maximum atomic E-state index is 12.2. The molecule has 1 amide bonds. The largest absolute Gasteiger partial charge is 0.506 e. The molecular formula is C16H20ClNO4. The van der Waals surface area contributed by atoms with Crippen molar-refractivity contribution in [3.63, 3.8) is 0 Å². The normalized spacial score (nSPS) is 23.9. The topological polar surface area (TPSA) is 59.0 Å². The van der Waals surface area contributed by atoms with E-state index in [4.69, 9.17) is 21.1 Å². The fraction of sp³-hybridized carbons (Fsp3) is 0.562. The summed E-state index contributed by atoms with van der Waals surface area (Å²) in [6, 6.07) is 3.40. The van der Waals surface area contributed by atoms with Crippen LogP contribution < -0.4 is 0 Å². The molecule has 2 aliphatic heterocycles. The Kier molecular flexibility index (Phi) is 3.73. The van der Waals surface area contributed by atoms with Crippen LogP contribution in [-0.2, 0) is 16.1 Å². The molecule has 1 saturated heterocycles. The van der Waals surface area contributed by atoms with Gasteiger partial charge in [-0.25, -0.2) is 4.79 Å².